The van der Waals surface area contributed by atoms with Crippen LogP contribution in [0.15, 0.2) is 36.9 Å². The van der Waals surface area contributed by atoms with Crippen molar-refractivity contribution in [1.29, 1.82) is 0 Å². The summed E-state index contributed by atoms with van der Waals surface area (Å²) in [6.45, 7) is 0.544. The third-order valence-electron chi connectivity index (χ3n) is 2.37. The van der Waals surface area contributed by atoms with Crippen LogP contribution in [0.4, 0.5) is 0 Å². The first-order valence-corrected chi connectivity index (χ1v) is 5.67. The maximum Gasteiger partial charge on any atom is 0.316 e. The van der Waals surface area contributed by atoms with Crippen molar-refractivity contribution in [2.45, 2.75) is 12.8 Å². The van der Waals surface area contributed by atoms with E-state index in [1.54, 1.807) is 12.4 Å². The number of aldehydes is 1. The highest BCUT2D eigenvalue weighted by atomic mass is 16.5. The van der Waals surface area contributed by atoms with Crippen molar-refractivity contribution < 1.29 is 9.53 Å². The van der Waals surface area contributed by atoms with Gasteiger partial charge < -0.3 is 4.74 Å². The van der Waals surface area contributed by atoms with Crippen LogP contribution < -0.4 is 4.74 Å². The maximum absolute atomic E-state index is 10.4. The van der Waals surface area contributed by atoms with Crippen LogP contribution in [-0.2, 0) is 6.42 Å². The molecule has 2 heterocycles. The molecule has 0 aliphatic carbocycles. The first kappa shape index (κ1) is 12.2. The minimum Gasteiger partial charge on any atom is -0.463 e. The molecule has 18 heavy (non-hydrogen) atoms. The lowest BCUT2D eigenvalue weighted by Crippen LogP contribution is -2.02. The van der Waals surface area contributed by atoms with E-state index in [2.05, 4.69) is 15.0 Å². The fraction of sp³-hybridized carbons (Fsp3) is 0.231. The van der Waals surface area contributed by atoms with Crippen LogP contribution in [0.3, 0.4) is 0 Å². The van der Waals surface area contributed by atoms with E-state index in [9.17, 15) is 4.79 Å². The summed E-state index contributed by atoms with van der Waals surface area (Å²) in [7, 11) is 0. The lowest BCUT2D eigenvalue weighted by Gasteiger charge is -2.04. The molecule has 0 aliphatic rings. The van der Waals surface area contributed by atoms with E-state index < -0.39 is 0 Å². The lowest BCUT2D eigenvalue weighted by atomic mass is 10.1. The molecule has 0 aromatic carbocycles. The Hall–Kier alpha value is -2.30. The standard InChI is InChI=1S/C13H13N3O2/c17-10-12-8-15-13(16-9-12)18-7-1-2-11-3-5-14-6-4-11/h3-6,8-10H,1-2,7H2. The maximum atomic E-state index is 10.4. The number of ether oxygens (including phenoxy) is 1. The highest BCUT2D eigenvalue weighted by Crippen LogP contribution is 2.04. The third-order valence-corrected chi connectivity index (χ3v) is 2.37. The van der Waals surface area contributed by atoms with Gasteiger partial charge in [0.2, 0.25) is 0 Å². The van der Waals surface area contributed by atoms with E-state index in [0.29, 0.717) is 24.5 Å². The highest BCUT2D eigenvalue weighted by molar-refractivity contribution is 5.73. The van der Waals surface area contributed by atoms with E-state index in [-0.39, 0.29) is 0 Å². The smallest absolute Gasteiger partial charge is 0.316 e. The SMILES string of the molecule is O=Cc1cnc(OCCCc2ccncc2)nc1. The van der Waals surface area contributed by atoms with Crippen molar-refractivity contribution in [3.05, 3.63) is 48.0 Å². The predicted molar refractivity (Wildman–Crippen MR) is 65.5 cm³/mol. The van der Waals surface area contributed by atoms with Crippen molar-refractivity contribution in [2.75, 3.05) is 6.61 Å². The van der Waals surface area contributed by atoms with E-state index >= 15 is 0 Å². The molecule has 0 amide bonds. The average Bonchev–Trinajstić information content (AvgIpc) is 2.45. The second-order valence-electron chi connectivity index (χ2n) is 3.72. The van der Waals surface area contributed by atoms with E-state index in [0.717, 1.165) is 12.8 Å². The highest BCUT2D eigenvalue weighted by Gasteiger charge is 1.98. The molecule has 0 atom stereocenters. The van der Waals surface area contributed by atoms with E-state index in [1.165, 1.54) is 18.0 Å². The summed E-state index contributed by atoms with van der Waals surface area (Å²) < 4.78 is 5.37. The second-order valence-corrected chi connectivity index (χ2v) is 3.72. The summed E-state index contributed by atoms with van der Waals surface area (Å²) in [5.74, 6) is 0. The molecule has 0 spiro atoms. The van der Waals surface area contributed by atoms with Crippen LogP contribution in [0.25, 0.3) is 0 Å². The molecular weight excluding hydrogens is 230 g/mol. The molecule has 0 aliphatic heterocycles. The Morgan fingerprint density at radius 3 is 2.56 bits per heavy atom. The fourth-order valence-electron chi connectivity index (χ4n) is 1.45. The first-order valence-electron chi connectivity index (χ1n) is 5.67. The Labute approximate surface area is 105 Å². The van der Waals surface area contributed by atoms with Crippen molar-refractivity contribution in [3.63, 3.8) is 0 Å². The molecule has 2 aromatic rings. The van der Waals surface area contributed by atoms with Gasteiger partial charge in [-0.05, 0) is 30.5 Å². The zero-order valence-electron chi connectivity index (χ0n) is 9.82. The van der Waals surface area contributed by atoms with Crippen molar-refractivity contribution >= 4 is 6.29 Å². The number of hydrogen-bond donors (Lipinski definition) is 0. The van der Waals surface area contributed by atoms with Crippen LogP contribution >= 0.6 is 0 Å². The summed E-state index contributed by atoms with van der Waals surface area (Å²) in [5, 5.41) is 0. The Bertz CT molecular complexity index is 485. The number of carbonyl (C=O) groups excluding carboxylic acids is 1. The average molecular weight is 243 g/mol. The van der Waals surface area contributed by atoms with E-state index in [4.69, 9.17) is 4.74 Å². The normalized spacial score (nSPS) is 10.0. The van der Waals surface area contributed by atoms with E-state index in [1.807, 2.05) is 12.1 Å². The van der Waals surface area contributed by atoms with Gasteiger partial charge in [-0.1, -0.05) is 0 Å². The van der Waals surface area contributed by atoms with Crippen LogP contribution in [-0.4, -0.2) is 27.8 Å². The van der Waals surface area contributed by atoms with Crippen molar-refractivity contribution in [3.8, 4) is 6.01 Å². The van der Waals surface area contributed by atoms with Gasteiger partial charge in [-0.3, -0.25) is 9.78 Å². The monoisotopic (exact) mass is 243 g/mol. The molecule has 0 saturated carbocycles. The molecule has 0 fully saturated rings. The number of carbonyl (C=O) groups is 1. The van der Waals surface area contributed by atoms with Gasteiger partial charge in [-0.15, -0.1) is 0 Å². The summed E-state index contributed by atoms with van der Waals surface area (Å²) in [5.41, 5.74) is 1.67. The largest absolute Gasteiger partial charge is 0.463 e. The minimum atomic E-state index is 0.301. The molecule has 2 aromatic heterocycles. The van der Waals surface area contributed by atoms with Gasteiger partial charge in [0.1, 0.15) is 0 Å². The van der Waals surface area contributed by atoms with Crippen molar-refractivity contribution in [1.82, 2.24) is 15.0 Å². The van der Waals surface area contributed by atoms with Gasteiger partial charge in [0, 0.05) is 24.8 Å². The summed E-state index contributed by atoms with van der Waals surface area (Å²) in [6.07, 6.45) is 8.94. The molecule has 2 rings (SSSR count). The quantitative estimate of drug-likeness (QED) is 0.570. The first-order chi connectivity index (χ1) is 8.88. The zero-order chi connectivity index (χ0) is 12.6. The number of hydrogen-bond acceptors (Lipinski definition) is 5. The van der Waals surface area contributed by atoms with Gasteiger partial charge >= 0.3 is 6.01 Å². The van der Waals surface area contributed by atoms with Crippen LogP contribution in [0, 0.1) is 0 Å². The van der Waals surface area contributed by atoms with Gasteiger partial charge in [-0.25, -0.2) is 9.97 Å². The predicted octanol–water partition coefficient (Wildman–Crippen LogP) is 1.70. The van der Waals surface area contributed by atoms with Gasteiger partial charge in [0.25, 0.3) is 0 Å². The lowest BCUT2D eigenvalue weighted by molar-refractivity contribution is 0.112. The number of aromatic nitrogens is 3. The number of rotatable bonds is 6. The molecule has 0 radical (unpaired) electrons. The van der Waals surface area contributed by atoms with Crippen LogP contribution in [0.2, 0.25) is 0 Å². The Morgan fingerprint density at radius 2 is 1.89 bits per heavy atom. The van der Waals surface area contributed by atoms with Crippen LogP contribution in [0.5, 0.6) is 6.01 Å². The van der Waals surface area contributed by atoms with Crippen molar-refractivity contribution in [2.24, 2.45) is 0 Å². The Balaban J connectivity index is 1.73. The Kier molecular flexibility index (Phi) is 4.35. The second kappa shape index (κ2) is 6.44. The summed E-state index contributed by atoms with van der Waals surface area (Å²) in [6, 6.07) is 4.26. The molecule has 0 saturated heterocycles. The molecule has 92 valence electrons. The summed E-state index contributed by atoms with van der Waals surface area (Å²) >= 11 is 0. The third kappa shape index (κ3) is 3.62. The summed E-state index contributed by atoms with van der Waals surface area (Å²) in [4.78, 5) is 22.2. The fourth-order valence-corrected chi connectivity index (χ4v) is 1.45. The number of pyridine rings is 1. The molecule has 0 bridgehead atoms. The molecule has 0 unspecified atom stereocenters. The Morgan fingerprint density at radius 1 is 1.17 bits per heavy atom. The van der Waals surface area contributed by atoms with Crippen LogP contribution in [0.1, 0.15) is 22.3 Å². The number of aryl methyl sites for hydroxylation is 1. The minimum absolute atomic E-state index is 0.301. The molecular formula is C13H13N3O2. The number of nitrogens with zero attached hydrogens (tertiary/aromatic N) is 3. The zero-order valence-corrected chi connectivity index (χ0v) is 9.82. The molecule has 5 nitrogen and oxygen atoms in total. The topological polar surface area (TPSA) is 65.0 Å². The van der Waals surface area contributed by atoms with Gasteiger partial charge in [-0.2, -0.15) is 0 Å². The van der Waals surface area contributed by atoms with Gasteiger partial charge in [0.05, 0.1) is 12.2 Å². The molecule has 0 N–H and O–H groups in total. The molecule has 5 heteroatoms. The van der Waals surface area contributed by atoms with Gasteiger partial charge in [0.15, 0.2) is 6.29 Å².